The Balaban J connectivity index is 2.89. The van der Waals surface area contributed by atoms with Gasteiger partial charge in [0.1, 0.15) is 0 Å². The third kappa shape index (κ3) is 4.18. The predicted molar refractivity (Wildman–Crippen MR) is 61.6 cm³/mol. The SMILES string of the molecule is CC1COC(CO)CN1S(=O)(=O)CS(C)(=O)=O. The fourth-order valence-electron chi connectivity index (χ4n) is 1.63. The van der Waals surface area contributed by atoms with Crippen LogP contribution < -0.4 is 0 Å². The number of sulfone groups is 1. The number of morpholine rings is 1. The van der Waals surface area contributed by atoms with Crippen molar-refractivity contribution in [2.75, 3.05) is 31.1 Å². The molecule has 1 fully saturated rings. The van der Waals surface area contributed by atoms with Crippen LogP contribution in [0.5, 0.6) is 0 Å². The lowest BCUT2D eigenvalue weighted by Gasteiger charge is -2.36. The fourth-order valence-corrected chi connectivity index (χ4v) is 5.34. The topological polar surface area (TPSA) is 101 Å². The van der Waals surface area contributed by atoms with Gasteiger partial charge in [0, 0.05) is 18.8 Å². The molecular formula is C8H17NO6S2. The van der Waals surface area contributed by atoms with Crippen molar-refractivity contribution in [3.8, 4) is 0 Å². The van der Waals surface area contributed by atoms with Crippen LogP contribution in [0.25, 0.3) is 0 Å². The molecule has 102 valence electrons. The van der Waals surface area contributed by atoms with Crippen LogP contribution in [0.4, 0.5) is 0 Å². The van der Waals surface area contributed by atoms with Crippen molar-refractivity contribution in [3.63, 3.8) is 0 Å². The van der Waals surface area contributed by atoms with Crippen LogP contribution in [-0.4, -0.2) is 69.5 Å². The molecule has 7 nitrogen and oxygen atoms in total. The van der Waals surface area contributed by atoms with Crippen molar-refractivity contribution in [2.45, 2.75) is 19.1 Å². The molecule has 0 aromatic heterocycles. The minimum Gasteiger partial charge on any atom is -0.394 e. The Morgan fingerprint density at radius 3 is 2.41 bits per heavy atom. The van der Waals surface area contributed by atoms with Gasteiger partial charge >= 0.3 is 0 Å². The van der Waals surface area contributed by atoms with E-state index in [4.69, 9.17) is 9.84 Å². The highest BCUT2D eigenvalue weighted by molar-refractivity contribution is 8.06. The normalized spacial score (nSPS) is 28.2. The Labute approximate surface area is 101 Å². The second-order valence-electron chi connectivity index (χ2n) is 4.21. The van der Waals surface area contributed by atoms with Crippen molar-refractivity contribution < 1.29 is 26.7 Å². The van der Waals surface area contributed by atoms with E-state index in [-0.39, 0.29) is 19.8 Å². The second-order valence-corrected chi connectivity index (χ2v) is 8.64. The minimum absolute atomic E-state index is 0.0183. The largest absolute Gasteiger partial charge is 0.394 e. The highest BCUT2D eigenvalue weighted by Crippen LogP contribution is 2.17. The van der Waals surface area contributed by atoms with Gasteiger partial charge in [0.15, 0.2) is 14.9 Å². The van der Waals surface area contributed by atoms with Crippen molar-refractivity contribution in [2.24, 2.45) is 0 Å². The highest BCUT2D eigenvalue weighted by atomic mass is 32.3. The third-order valence-electron chi connectivity index (χ3n) is 2.37. The van der Waals surface area contributed by atoms with Gasteiger partial charge < -0.3 is 9.84 Å². The molecule has 1 heterocycles. The van der Waals surface area contributed by atoms with Gasteiger partial charge in [0.05, 0.1) is 19.3 Å². The van der Waals surface area contributed by atoms with E-state index in [0.717, 1.165) is 10.6 Å². The Kier molecular flexibility index (Phi) is 4.53. The number of hydrogen-bond donors (Lipinski definition) is 1. The quantitative estimate of drug-likeness (QED) is 0.668. The summed E-state index contributed by atoms with van der Waals surface area (Å²) in [5.74, 6) is 0. The number of ether oxygens (including phenoxy) is 1. The molecule has 1 saturated heterocycles. The molecule has 17 heavy (non-hydrogen) atoms. The maximum atomic E-state index is 11.9. The number of rotatable bonds is 4. The average Bonchev–Trinajstić information content (AvgIpc) is 2.14. The Morgan fingerprint density at radius 1 is 1.35 bits per heavy atom. The molecule has 0 aliphatic carbocycles. The first-order chi connectivity index (χ1) is 7.65. The molecule has 1 N–H and O–H groups in total. The van der Waals surface area contributed by atoms with Crippen LogP contribution in [0.3, 0.4) is 0 Å². The van der Waals surface area contributed by atoms with Crippen molar-refractivity contribution >= 4 is 19.9 Å². The molecule has 0 saturated carbocycles. The number of nitrogens with zero attached hydrogens (tertiary/aromatic N) is 1. The van der Waals surface area contributed by atoms with Gasteiger partial charge in [-0.25, -0.2) is 16.8 Å². The summed E-state index contributed by atoms with van der Waals surface area (Å²) in [7, 11) is -7.49. The van der Waals surface area contributed by atoms with Crippen LogP contribution in [0.1, 0.15) is 6.92 Å². The second kappa shape index (κ2) is 5.19. The Bertz CT molecular complexity index is 456. The third-order valence-corrected chi connectivity index (χ3v) is 6.50. The first kappa shape index (κ1) is 14.8. The van der Waals surface area contributed by atoms with E-state index in [1.165, 1.54) is 0 Å². The molecule has 2 unspecified atom stereocenters. The summed E-state index contributed by atoms with van der Waals surface area (Å²) in [4.78, 5) is 0. The summed E-state index contributed by atoms with van der Waals surface area (Å²) >= 11 is 0. The maximum absolute atomic E-state index is 11.9. The molecule has 1 aliphatic heterocycles. The van der Waals surface area contributed by atoms with E-state index in [0.29, 0.717) is 0 Å². The maximum Gasteiger partial charge on any atom is 0.228 e. The molecule has 0 spiro atoms. The molecule has 0 bridgehead atoms. The van der Waals surface area contributed by atoms with E-state index in [1.54, 1.807) is 6.92 Å². The highest BCUT2D eigenvalue weighted by Gasteiger charge is 2.35. The predicted octanol–water partition coefficient (Wildman–Crippen LogP) is -1.60. The smallest absolute Gasteiger partial charge is 0.228 e. The Hall–Kier alpha value is -0.220. The van der Waals surface area contributed by atoms with E-state index in [9.17, 15) is 16.8 Å². The van der Waals surface area contributed by atoms with Gasteiger partial charge in [-0.2, -0.15) is 4.31 Å². The van der Waals surface area contributed by atoms with Crippen molar-refractivity contribution in [1.29, 1.82) is 0 Å². The minimum atomic E-state index is -3.88. The molecular weight excluding hydrogens is 270 g/mol. The Morgan fingerprint density at radius 2 is 1.94 bits per heavy atom. The summed E-state index contributed by atoms with van der Waals surface area (Å²) in [6, 6.07) is -0.426. The lowest BCUT2D eigenvalue weighted by Crippen LogP contribution is -2.53. The van der Waals surface area contributed by atoms with Crippen LogP contribution >= 0.6 is 0 Å². The molecule has 1 rings (SSSR count). The molecule has 0 aromatic rings. The zero-order valence-electron chi connectivity index (χ0n) is 9.74. The standard InChI is InChI=1S/C8H17NO6S2/c1-7-5-15-8(4-10)3-9(7)17(13,14)6-16(2,11)12/h7-8,10H,3-6H2,1-2H3. The zero-order valence-corrected chi connectivity index (χ0v) is 11.4. The summed E-state index contributed by atoms with van der Waals surface area (Å²) in [6.07, 6.45) is 0.277. The van der Waals surface area contributed by atoms with Gasteiger partial charge in [-0.1, -0.05) is 0 Å². The van der Waals surface area contributed by atoms with Gasteiger partial charge in [-0.3, -0.25) is 0 Å². The molecule has 2 atom stereocenters. The summed E-state index contributed by atoms with van der Waals surface area (Å²) in [6.45, 7) is 1.47. The van der Waals surface area contributed by atoms with Crippen LogP contribution in [0.2, 0.25) is 0 Å². The fraction of sp³-hybridized carbons (Fsp3) is 1.00. The lowest BCUT2D eigenvalue weighted by molar-refractivity contribution is -0.0514. The molecule has 9 heteroatoms. The number of hydrogen-bond acceptors (Lipinski definition) is 6. The summed E-state index contributed by atoms with van der Waals surface area (Å²) < 4.78 is 52.2. The van der Waals surface area contributed by atoms with Gasteiger partial charge in [0.25, 0.3) is 0 Å². The van der Waals surface area contributed by atoms with Crippen LogP contribution in [-0.2, 0) is 24.6 Å². The number of aliphatic hydroxyl groups is 1. The van der Waals surface area contributed by atoms with E-state index in [2.05, 4.69) is 0 Å². The molecule has 0 aromatic carbocycles. The van der Waals surface area contributed by atoms with E-state index < -0.39 is 37.1 Å². The van der Waals surface area contributed by atoms with Crippen LogP contribution in [0, 0.1) is 0 Å². The average molecular weight is 287 g/mol. The van der Waals surface area contributed by atoms with Gasteiger partial charge in [-0.05, 0) is 6.92 Å². The van der Waals surface area contributed by atoms with Gasteiger partial charge in [-0.15, -0.1) is 0 Å². The molecule has 1 aliphatic rings. The van der Waals surface area contributed by atoms with Gasteiger partial charge in [0.2, 0.25) is 10.0 Å². The first-order valence-corrected chi connectivity index (χ1v) is 8.72. The first-order valence-electron chi connectivity index (χ1n) is 5.05. The molecule has 0 amide bonds. The van der Waals surface area contributed by atoms with E-state index >= 15 is 0 Å². The monoisotopic (exact) mass is 287 g/mol. The zero-order chi connectivity index (χ0) is 13.3. The number of aliphatic hydroxyl groups excluding tert-OH is 1. The van der Waals surface area contributed by atoms with Crippen molar-refractivity contribution in [3.05, 3.63) is 0 Å². The molecule has 0 radical (unpaired) electrons. The number of sulfonamides is 1. The van der Waals surface area contributed by atoms with Crippen LogP contribution in [0.15, 0.2) is 0 Å². The lowest BCUT2D eigenvalue weighted by atomic mass is 10.2. The summed E-state index contributed by atoms with van der Waals surface area (Å²) in [5, 5.41) is 8.01. The van der Waals surface area contributed by atoms with E-state index in [1.807, 2.05) is 0 Å². The summed E-state index contributed by atoms with van der Waals surface area (Å²) in [5.41, 5.74) is 0. The van der Waals surface area contributed by atoms with Crippen molar-refractivity contribution in [1.82, 2.24) is 4.31 Å².